The van der Waals surface area contributed by atoms with Gasteiger partial charge >= 0.3 is 0 Å². The molecule has 0 spiro atoms. The SMILES string of the molecule is CC.C[N+]12CCN3CCN4CCN(CC1)C2C43. The van der Waals surface area contributed by atoms with Gasteiger partial charge in [-0.05, 0) is 0 Å². The Bertz CT molecular complexity index is 289. The number of hydrogen-bond donors (Lipinski definition) is 0. The van der Waals surface area contributed by atoms with E-state index in [4.69, 9.17) is 0 Å². The Morgan fingerprint density at radius 3 is 1.88 bits per heavy atom. The molecule has 4 aliphatic rings. The van der Waals surface area contributed by atoms with Crippen molar-refractivity contribution in [3.63, 3.8) is 0 Å². The van der Waals surface area contributed by atoms with Gasteiger partial charge in [-0.2, -0.15) is 0 Å². The largest absolute Gasteiger partial charge is 0.306 e. The zero-order chi connectivity index (χ0) is 12.0. The predicted octanol–water partition coefficient (Wildman–Crippen LogP) is 0.0718. The third-order valence-electron chi connectivity index (χ3n) is 5.17. The fourth-order valence-electron chi connectivity index (χ4n) is 4.25. The molecule has 3 atom stereocenters. The summed E-state index contributed by atoms with van der Waals surface area (Å²) >= 11 is 0. The quantitative estimate of drug-likeness (QED) is 0.554. The zero-order valence-corrected chi connectivity index (χ0v) is 11.6. The van der Waals surface area contributed by atoms with E-state index in [9.17, 15) is 0 Å². The van der Waals surface area contributed by atoms with Gasteiger partial charge in [0.2, 0.25) is 0 Å². The van der Waals surface area contributed by atoms with Crippen LogP contribution in [0.25, 0.3) is 0 Å². The Kier molecular flexibility index (Phi) is 2.94. The molecule has 0 aromatic carbocycles. The molecule has 4 rings (SSSR count). The maximum Gasteiger partial charge on any atom is 0.175 e. The first kappa shape index (κ1) is 11.9. The molecule has 0 aliphatic carbocycles. The standard InChI is InChI=1S/C11H21N4.C2H6/c1-15-8-6-13-3-2-12-4-5-14(7-9-15)11(15)10(12)13;1-2/h10-11H,2-9H2,1H3;1-2H3/q+1;. The lowest BCUT2D eigenvalue weighted by molar-refractivity contribution is -0.936. The van der Waals surface area contributed by atoms with Crippen molar-refractivity contribution in [2.75, 3.05) is 59.4 Å². The molecule has 0 saturated carbocycles. The van der Waals surface area contributed by atoms with Gasteiger partial charge in [0, 0.05) is 32.7 Å². The van der Waals surface area contributed by atoms with E-state index in [1.54, 1.807) is 0 Å². The normalized spacial score (nSPS) is 45.4. The molecule has 4 aliphatic heterocycles. The van der Waals surface area contributed by atoms with Gasteiger partial charge in [0.05, 0.1) is 26.7 Å². The lowest BCUT2D eigenvalue weighted by Gasteiger charge is -2.52. The van der Waals surface area contributed by atoms with Crippen molar-refractivity contribution < 1.29 is 4.48 Å². The van der Waals surface area contributed by atoms with Crippen LogP contribution in [-0.4, -0.2) is 90.9 Å². The minimum atomic E-state index is 0.750. The number of piperazine rings is 2. The first-order valence-corrected chi connectivity index (χ1v) is 7.34. The molecule has 0 aromatic heterocycles. The maximum absolute atomic E-state index is 2.75. The number of likely N-dealkylation sites (N-methyl/N-ethyl adjacent to an activating group) is 1. The molecular weight excluding hydrogens is 212 g/mol. The Balaban J connectivity index is 0.000000431. The monoisotopic (exact) mass is 239 g/mol. The lowest BCUT2D eigenvalue weighted by atomic mass is 10.1. The molecule has 0 bridgehead atoms. The van der Waals surface area contributed by atoms with Crippen molar-refractivity contribution in [1.82, 2.24) is 14.7 Å². The molecule has 4 heterocycles. The number of hydrogen-bond acceptors (Lipinski definition) is 3. The van der Waals surface area contributed by atoms with Gasteiger partial charge < -0.3 is 4.48 Å². The van der Waals surface area contributed by atoms with Crippen LogP contribution >= 0.6 is 0 Å². The average molecular weight is 239 g/mol. The smallest absolute Gasteiger partial charge is 0.175 e. The minimum Gasteiger partial charge on any atom is -0.306 e. The second kappa shape index (κ2) is 4.19. The molecule has 17 heavy (non-hydrogen) atoms. The molecule has 4 fully saturated rings. The van der Waals surface area contributed by atoms with E-state index in [2.05, 4.69) is 21.7 Å². The van der Waals surface area contributed by atoms with Crippen molar-refractivity contribution in [2.45, 2.75) is 26.2 Å². The molecule has 0 aromatic rings. The van der Waals surface area contributed by atoms with Gasteiger partial charge in [-0.15, -0.1) is 0 Å². The Morgan fingerprint density at radius 2 is 1.24 bits per heavy atom. The van der Waals surface area contributed by atoms with E-state index in [-0.39, 0.29) is 0 Å². The Hall–Kier alpha value is -0.160. The van der Waals surface area contributed by atoms with Crippen LogP contribution in [0.2, 0.25) is 0 Å². The molecule has 4 heteroatoms. The fourth-order valence-corrected chi connectivity index (χ4v) is 4.25. The van der Waals surface area contributed by atoms with Gasteiger partial charge in [0.1, 0.15) is 6.17 Å². The summed E-state index contributed by atoms with van der Waals surface area (Å²) in [6, 6.07) is 0. The van der Waals surface area contributed by atoms with Crippen LogP contribution in [0, 0.1) is 0 Å². The van der Waals surface area contributed by atoms with Crippen molar-refractivity contribution in [3.8, 4) is 0 Å². The maximum atomic E-state index is 2.75. The van der Waals surface area contributed by atoms with Gasteiger partial charge in [-0.1, -0.05) is 13.8 Å². The second-order valence-electron chi connectivity index (χ2n) is 5.86. The molecule has 98 valence electrons. The second-order valence-corrected chi connectivity index (χ2v) is 5.86. The highest BCUT2D eigenvalue weighted by Gasteiger charge is 2.58. The van der Waals surface area contributed by atoms with Crippen LogP contribution in [0.3, 0.4) is 0 Å². The van der Waals surface area contributed by atoms with E-state index >= 15 is 0 Å². The summed E-state index contributed by atoms with van der Waals surface area (Å²) in [4.78, 5) is 8.20. The topological polar surface area (TPSA) is 9.72 Å². The summed E-state index contributed by atoms with van der Waals surface area (Å²) in [5.74, 6) is 0. The van der Waals surface area contributed by atoms with E-state index in [1.807, 2.05) is 13.8 Å². The molecule has 0 amide bonds. The van der Waals surface area contributed by atoms with Crippen LogP contribution in [0.5, 0.6) is 0 Å². The molecule has 4 saturated heterocycles. The summed E-state index contributed by atoms with van der Waals surface area (Å²) in [6.45, 7) is 14.6. The minimum absolute atomic E-state index is 0.750. The lowest BCUT2D eigenvalue weighted by Crippen LogP contribution is -2.72. The van der Waals surface area contributed by atoms with Gasteiger partial charge in [-0.25, -0.2) is 4.90 Å². The van der Waals surface area contributed by atoms with Crippen molar-refractivity contribution >= 4 is 0 Å². The third-order valence-corrected chi connectivity index (χ3v) is 5.17. The number of rotatable bonds is 0. The van der Waals surface area contributed by atoms with Gasteiger partial charge in [-0.3, -0.25) is 9.80 Å². The van der Waals surface area contributed by atoms with Crippen LogP contribution in [0.1, 0.15) is 13.8 Å². The summed E-state index contributed by atoms with van der Waals surface area (Å²) in [6.07, 6.45) is 1.54. The average Bonchev–Trinajstić information content (AvgIpc) is 2.92. The van der Waals surface area contributed by atoms with E-state index in [0.717, 1.165) is 12.3 Å². The molecule has 0 N–H and O–H groups in total. The highest BCUT2D eigenvalue weighted by molar-refractivity contribution is 4.96. The van der Waals surface area contributed by atoms with Gasteiger partial charge in [0.25, 0.3) is 0 Å². The fraction of sp³-hybridized carbons (Fsp3) is 1.00. The van der Waals surface area contributed by atoms with Crippen molar-refractivity contribution in [2.24, 2.45) is 0 Å². The molecular formula is C13H27N4+. The zero-order valence-electron chi connectivity index (χ0n) is 11.6. The van der Waals surface area contributed by atoms with E-state index in [1.165, 1.54) is 56.8 Å². The van der Waals surface area contributed by atoms with Crippen molar-refractivity contribution in [3.05, 3.63) is 0 Å². The highest BCUT2D eigenvalue weighted by Crippen LogP contribution is 2.37. The number of quaternary nitrogens is 1. The summed E-state index contributed by atoms with van der Waals surface area (Å²) in [5, 5.41) is 0. The van der Waals surface area contributed by atoms with Crippen molar-refractivity contribution in [1.29, 1.82) is 0 Å². The summed E-state index contributed by atoms with van der Waals surface area (Å²) < 4.78 is 1.32. The Labute approximate surface area is 105 Å². The summed E-state index contributed by atoms with van der Waals surface area (Å²) in [5.41, 5.74) is 0. The first-order chi connectivity index (χ1) is 8.28. The molecule has 3 unspecified atom stereocenters. The van der Waals surface area contributed by atoms with Crippen LogP contribution in [0.4, 0.5) is 0 Å². The number of nitrogens with zero attached hydrogens (tertiary/aromatic N) is 4. The highest BCUT2D eigenvalue weighted by atomic mass is 15.6. The predicted molar refractivity (Wildman–Crippen MR) is 69.6 cm³/mol. The van der Waals surface area contributed by atoms with E-state index in [0.29, 0.717) is 0 Å². The molecule has 4 nitrogen and oxygen atoms in total. The van der Waals surface area contributed by atoms with Crippen LogP contribution in [-0.2, 0) is 0 Å². The molecule has 0 radical (unpaired) electrons. The van der Waals surface area contributed by atoms with Crippen LogP contribution < -0.4 is 0 Å². The Morgan fingerprint density at radius 1 is 0.765 bits per heavy atom. The third kappa shape index (κ3) is 1.58. The first-order valence-electron chi connectivity index (χ1n) is 7.34. The van der Waals surface area contributed by atoms with Crippen LogP contribution in [0.15, 0.2) is 0 Å². The van der Waals surface area contributed by atoms with Gasteiger partial charge in [0.15, 0.2) is 6.17 Å². The van der Waals surface area contributed by atoms with E-state index < -0.39 is 0 Å². The summed E-state index contributed by atoms with van der Waals surface area (Å²) in [7, 11) is 2.48.